The number of aromatic nitrogens is 2. The van der Waals surface area contributed by atoms with Crippen LogP contribution in [-0.2, 0) is 23.8 Å². The molecule has 9 rings (SSSR count). The number of nitrogens with zero attached hydrogens (tertiary/aromatic N) is 4. The summed E-state index contributed by atoms with van der Waals surface area (Å²) in [6.45, 7) is 25.3. The summed E-state index contributed by atoms with van der Waals surface area (Å²) >= 11 is 0. The minimum Gasteiger partial charge on any atom is -0.457 e. The highest BCUT2D eigenvalue weighted by atomic mass is 16.5. The van der Waals surface area contributed by atoms with Gasteiger partial charge in [-0.05, 0) is 144 Å². The van der Waals surface area contributed by atoms with Gasteiger partial charge < -0.3 is 9.64 Å². The summed E-state index contributed by atoms with van der Waals surface area (Å²) < 4.78 is 9.33. The normalized spacial score (nSPS) is 18.9. The molecule has 0 N–H and O–H groups in total. The number of ether oxygens (including phenoxy) is 1. The van der Waals surface area contributed by atoms with Crippen molar-refractivity contribution >= 4 is 33.5 Å². The number of aryl methyl sites for hydroxylation is 2. The van der Waals surface area contributed by atoms with Gasteiger partial charge in [0.25, 0.3) is 0 Å². The molecule has 7 aromatic rings. The van der Waals surface area contributed by atoms with Crippen LogP contribution in [0, 0.1) is 6.92 Å². The summed E-state index contributed by atoms with van der Waals surface area (Å²) in [5.41, 5.74) is 13.6. The molecular formula is C54H58N4O. The maximum Gasteiger partial charge on any atom is 0.145 e. The van der Waals surface area contributed by atoms with Crippen molar-refractivity contribution in [1.29, 1.82) is 0 Å². The average molecular weight is 779 g/mol. The smallest absolute Gasteiger partial charge is 0.145 e. The van der Waals surface area contributed by atoms with Crippen LogP contribution in [0.2, 0.25) is 0 Å². The fourth-order valence-corrected chi connectivity index (χ4v) is 9.92. The first-order valence-electron chi connectivity index (χ1n) is 21.6. The van der Waals surface area contributed by atoms with E-state index < -0.39 is 5.54 Å². The summed E-state index contributed by atoms with van der Waals surface area (Å²) in [5, 5.41) is 2.37. The van der Waals surface area contributed by atoms with Gasteiger partial charge in [-0.25, -0.2) is 4.98 Å². The zero-order chi connectivity index (χ0) is 41.6. The molecule has 1 aliphatic heterocycles. The molecule has 3 heterocycles. The van der Waals surface area contributed by atoms with Crippen molar-refractivity contribution in [2.24, 2.45) is 4.99 Å². The number of anilines is 1. The summed E-state index contributed by atoms with van der Waals surface area (Å²) in [5.74, 6) is 3.25. The van der Waals surface area contributed by atoms with Crippen LogP contribution < -0.4 is 9.64 Å². The summed E-state index contributed by atoms with van der Waals surface area (Å²) in [6, 6.07) is 40.2. The van der Waals surface area contributed by atoms with Gasteiger partial charge in [0.1, 0.15) is 28.5 Å². The lowest BCUT2D eigenvalue weighted by Gasteiger charge is -2.44. The third-order valence-electron chi connectivity index (χ3n) is 13.3. The molecule has 59 heavy (non-hydrogen) atoms. The van der Waals surface area contributed by atoms with Gasteiger partial charge in [0.15, 0.2) is 0 Å². The molecule has 5 aromatic carbocycles. The number of rotatable bonds is 8. The predicted molar refractivity (Wildman–Crippen MR) is 247 cm³/mol. The van der Waals surface area contributed by atoms with Crippen LogP contribution in [0.5, 0.6) is 11.5 Å². The fraction of sp³-hybridized carbons (Fsp3) is 0.333. The first kappa shape index (κ1) is 38.8. The van der Waals surface area contributed by atoms with E-state index >= 15 is 0 Å². The molecule has 2 aliphatic rings. The second-order valence-electron chi connectivity index (χ2n) is 19.1. The van der Waals surface area contributed by atoms with Crippen molar-refractivity contribution in [3.8, 4) is 17.2 Å². The maximum atomic E-state index is 7.05. The first-order chi connectivity index (χ1) is 28.1. The Morgan fingerprint density at radius 2 is 1.49 bits per heavy atom. The zero-order valence-electron chi connectivity index (χ0n) is 36.7. The van der Waals surface area contributed by atoms with Crippen LogP contribution in [0.3, 0.4) is 0 Å². The largest absolute Gasteiger partial charge is 0.457 e. The van der Waals surface area contributed by atoms with Gasteiger partial charge in [-0.2, -0.15) is 0 Å². The standard InChI is InChI=1S/C54H58N4O/c1-12-36-22-23-48-46(27-36)45-20-16-24-55-51(45)57(48)40-25-35(6)26-41(31-40)59-42-29-38(28-39(30-42)52(7,8)9)50-56-54(11)47-21-14-13-17-37(47)32-53(54,10)58(50)49-43(33(2)3)18-15-19-44(49)34(4)5/h13-31,33-34H,12,32H2,1-11H3/t53-,54+/m0/s1. The van der Waals surface area contributed by atoms with Crippen molar-refractivity contribution in [2.45, 2.75) is 117 Å². The number of aliphatic imine (C=N–C) groups is 1. The Balaban J connectivity index is 1.23. The van der Waals surface area contributed by atoms with E-state index in [9.17, 15) is 0 Å². The fourth-order valence-electron chi connectivity index (χ4n) is 9.92. The molecule has 2 atom stereocenters. The minimum absolute atomic E-state index is 0.142. The van der Waals surface area contributed by atoms with E-state index in [1.807, 2.05) is 12.3 Å². The molecular weight excluding hydrogens is 721 g/mol. The van der Waals surface area contributed by atoms with Gasteiger partial charge >= 0.3 is 0 Å². The average Bonchev–Trinajstić information content (AvgIpc) is 3.73. The van der Waals surface area contributed by atoms with Crippen LogP contribution in [-0.4, -0.2) is 20.9 Å². The molecule has 0 fully saturated rings. The third kappa shape index (κ3) is 6.19. The first-order valence-corrected chi connectivity index (χ1v) is 21.6. The van der Waals surface area contributed by atoms with Gasteiger partial charge in [-0.1, -0.05) is 104 Å². The van der Waals surface area contributed by atoms with Crippen LogP contribution in [0.1, 0.15) is 126 Å². The number of fused-ring (bicyclic) bond motifs is 6. The number of amidine groups is 1. The third-order valence-corrected chi connectivity index (χ3v) is 13.3. The Hall–Kier alpha value is -5.68. The van der Waals surface area contributed by atoms with Crippen LogP contribution in [0.15, 0.2) is 120 Å². The molecule has 300 valence electrons. The monoisotopic (exact) mass is 778 g/mol. The number of pyridine rings is 1. The van der Waals surface area contributed by atoms with Crippen LogP contribution in [0.4, 0.5) is 5.69 Å². The van der Waals surface area contributed by atoms with Crippen molar-refractivity contribution in [1.82, 2.24) is 9.55 Å². The lowest BCUT2D eigenvalue weighted by molar-refractivity contribution is 0.321. The van der Waals surface area contributed by atoms with Gasteiger partial charge in [0.05, 0.1) is 22.4 Å². The van der Waals surface area contributed by atoms with E-state index in [0.717, 1.165) is 63.5 Å². The van der Waals surface area contributed by atoms with Gasteiger partial charge in [0, 0.05) is 28.6 Å². The number of para-hydroxylation sites is 1. The molecule has 0 saturated carbocycles. The Morgan fingerprint density at radius 1 is 0.763 bits per heavy atom. The second kappa shape index (κ2) is 14.0. The molecule has 0 amide bonds. The van der Waals surface area contributed by atoms with Gasteiger partial charge in [-0.3, -0.25) is 9.56 Å². The van der Waals surface area contributed by atoms with Crippen molar-refractivity contribution in [3.05, 3.63) is 160 Å². The molecule has 0 unspecified atom stereocenters. The molecule has 5 nitrogen and oxygen atoms in total. The van der Waals surface area contributed by atoms with Gasteiger partial charge in [0.2, 0.25) is 0 Å². The Kier molecular flexibility index (Phi) is 9.19. The molecule has 0 bridgehead atoms. The van der Waals surface area contributed by atoms with E-state index in [4.69, 9.17) is 14.7 Å². The SMILES string of the molecule is CCc1ccc2c(c1)c1cccnc1n2-c1cc(C)cc(Oc2cc(C3=N[C@]4(C)c5ccccc5C[C@]4(C)N3c3c(C(C)C)cccc3C(C)C)cc(C(C)(C)C)c2)c1. The Labute approximate surface area is 350 Å². The summed E-state index contributed by atoms with van der Waals surface area (Å²) in [4.78, 5) is 13.5. The van der Waals surface area contributed by atoms with Crippen LogP contribution in [0.25, 0.3) is 27.6 Å². The highest BCUT2D eigenvalue weighted by molar-refractivity contribution is 6.14. The van der Waals surface area contributed by atoms with E-state index in [1.54, 1.807) is 0 Å². The van der Waals surface area contributed by atoms with E-state index in [0.29, 0.717) is 11.8 Å². The second-order valence-corrected chi connectivity index (χ2v) is 19.1. The molecule has 0 spiro atoms. The lowest BCUT2D eigenvalue weighted by Crippen LogP contribution is -2.54. The van der Waals surface area contributed by atoms with Crippen molar-refractivity contribution in [2.75, 3.05) is 4.90 Å². The Bertz CT molecular complexity index is 2790. The zero-order valence-corrected chi connectivity index (χ0v) is 36.7. The van der Waals surface area contributed by atoms with E-state index in [2.05, 4.69) is 189 Å². The van der Waals surface area contributed by atoms with Crippen LogP contribution >= 0.6 is 0 Å². The van der Waals surface area contributed by atoms with Gasteiger partial charge in [-0.15, -0.1) is 0 Å². The molecule has 0 radical (unpaired) electrons. The number of hydrogen-bond donors (Lipinski definition) is 0. The Morgan fingerprint density at radius 3 is 2.20 bits per heavy atom. The number of hydrogen-bond acceptors (Lipinski definition) is 4. The lowest BCUT2D eigenvalue weighted by atomic mass is 9.79. The topological polar surface area (TPSA) is 42.6 Å². The molecule has 2 aromatic heterocycles. The summed E-state index contributed by atoms with van der Waals surface area (Å²) in [7, 11) is 0. The molecule has 0 saturated heterocycles. The summed E-state index contributed by atoms with van der Waals surface area (Å²) in [6.07, 6.45) is 3.78. The quantitative estimate of drug-likeness (QED) is 0.154. The van der Waals surface area contributed by atoms with Crippen molar-refractivity contribution < 1.29 is 4.74 Å². The highest BCUT2D eigenvalue weighted by Gasteiger charge is 2.61. The van der Waals surface area contributed by atoms with E-state index in [-0.39, 0.29) is 11.0 Å². The molecule has 5 heteroatoms. The number of benzene rings is 5. The highest BCUT2D eigenvalue weighted by Crippen LogP contribution is 2.57. The molecule has 1 aliphatic carbocycles. The minimum atomic E-state index is -0.463. The maximum absolute atomic E-state index is 7.05. The predicted octanol–water partition coefficient (Wildman–Crippen LogP) is 13.9. The van der Waals surface area contributed by atoms with Crippen molar-refractivity contribution in [3.63, 3.8) is 0 Å². The van der Waals surface area contributed by atoms with E-state index in [1.165, 1.54) is 44.5 Å².